The molecule has 1 N–H and O–H groups in total. The highest BCUT2D eigenvalue weighted by Gasteiger charge is 2.16. The normalized spacial score (nSPS) is 13.3. The second-order valence-electron chi connectivity index (χ2n) is 5.03. The highest BCUT2D eigenvalue weighted by Crippen LogP contribution is 2.34. The Morgan fingerprint density at radius 3 is 2.53 bits per heavy atom. The molecule has 1 nitrogen and oxygen atoms in total. The molecule has 0 saturated heterocycles. The molecule has 1 aromatic rings. The summed E-state index contributed by atoms with van der Waals surface area (Å²) in [6.45, 7) is 9.80. The zero-order valence-corrected chi connectivity index (χ0v) is 12.9. The average molecular weight is 274 g/mol. The van der Waals surface area contributed by atoms with Gasteiger partial charge in [0.2, 0.25) is 0 Å². The molecule has 0 spiro atoms. The van der Waals surface area contributed by atoms with Crippen molar-refractivity contribution in [2.45, 2.75) is 53.0 Å². The molecule has 3 heteroatoms. The Bertz CT molecular complexity index is 333. The van der Waals surface area contributed by atoms with Crippen LogP contribution < -0.4 is 5.32 Å². The molecule has 0 amide bonds. The van der Waals surface area contributed by atoms with Crippen LogP contribution in [0.3, 0.4) is 0 Å². The Labute approximate surface area is 115 Å². The molecule has 1 aromatic heterocycles. The molecule has 1 unspecified atom stereocenters. The van der Waals surface area contributed by atoms with Crippen molar-refractivity contribution in [1.82, 2.24) is 5.32 Å². The van der Waals surface area contributed by atoms with Gasteiger partial charge in [-0.3, -0.25) is 0 Å². The van der Waals surface area contributed by atoms with E-state index in [0.717, 1.165) is 17.5 Å². The first-order valence-corrected chi connectivity index (χ1v) is 7.78. The molecule has 0 aliphatic rings. The standard InChI is InChI=1S/C14H24ClNS/c1-5-16-12(8-6-7-10(2)3)14-13(15)11(4)9-17-14/h9-10,12,16H,5-8H2,1-4H3. The maximum absolute atomic E-state index is 6.35. The number of thiophene rings is 1. The third kappa shape index (κ3) is 4.61. The summed E-state index contributed by atoms with van der Waals surface area (Å²) in [6.07, 6.45) is 3.75. The van der Waals surface area contributed by atoms with E-state index in [1.165, 1.54) is 29.7 Å². The van der Waals surface area contributed by atoms with Gasteiger partial charge in [-0.05, 0) is 36.8 Å². The smallest absolute Gasteiger partial charge is 0.0590 e. The van der Waals surface area contributed by atoms with Crippen molar-refractivity contribution < 1.29 is 0 Å². The van der Waals surface area contributed by atoms with Gasteiger partial charge in [0.15, 0.2) is 0 Å². The SMILES string of the molecule is CCNC(CCCC(C)C)c1scc(C)c1Cl. The molecule has 0 aliphatic heterocycles. The van der Waals surface area contributed by atoms with Crippen LogP contribution in [0.5, 0.6) is 0 Å². The van der Waals surface area contributed by atoms with Gasteiger partial charge in [0.1, 0.15) is 0 Å². The van der Waals surface area contributed by atoms with Gasteiger partial charge in [0.25, 0.3) is 0 Å². The monoisotopic (exact) mass is 273 g/mol. The maximum Gasteiger partial charge on any atom is 0.0590 e. The first-order valence-electron chi connectivity index (χ1n) is 6.53. The van der Waals surface area contributed by atoms with Crippen LogP contribution in [0.2, 0.25) is 5.02 Å². The van der Waals surface area contributed by atoms with Crippen LogP contribution in [0.15, 0.2) is 5.38 Å². The van der Waals surface area contributed by atoms with Crippen molar-refractivity contribution in [2.24, 2.45) is 5.92 Å². The fourth-order valence-electron chi connectivity index (χ4n) is 1.99. The van der Waals surface area contributed by atoms with E-state index in [4.69, 9.17) is 11.6 Å². The first kappa shape index (κ1) is 15.0. The summed E-state index contributed by atoms with van der Waals surface area (Å²) in [5, 5.41) is 6.67. The first-order chi connectivity index (χ1) is 8.06. The summed E-state index contributed by atoms with van der Waals surface area (Å²) in [6, 6.07) is 0.435. The molecule has 0 aromatic carbocycles. The summed E-state index contributed by atoms with van der Waals surface area (Å²) in [4.78, 5) is 1.31. The van der Waals surface area contributed by atoms with Crippen LogP contribution in [0.4, 0.5) is 0 Å². The lowest BCUT2D eigenvalue weighted by molar-refractivity contribution is 0.459. The summed E-state index contributed by atoms with van der Waals surface area (Å²) in [5.41, 5.74) is 1.21. The minimum absolute atomic E-state index is 0.435. The fourth-order valence-corrected chi connectivity index (χ4v) is 3.42. The Hall–Kier alpha value is -0.0500. The lowest BCUT2D eigenvalue weighted by atomic mass is 10.0. The Morgan fingerprint density at radius 1 is 1.35 bits per heavy atom. The van der Waals surface area contributed by atoms with Gasteiger partial charge in [-0.2, -0.15) is 0 Å². The Balaban J connectivity index is 2.62. The maximum atomic E-state index is 6.35. The topological polar surface area (TPSA) is 12.0 Å². The molecule has 0 bridgehead atoms. The van der Waals surface area contributed by atoms with E-state index < -0.39 is 0 Å². The van der Waals surface area contributed by atoms with Gasteiger partial charge in [-0.25, -0.2) is 0 Å². The minimum atomic E-state index is 0.435. The molecule has 0 saturated carbocycles. The van der Waals surface area contributed by atoms with Crippen LogP contribution in [-0.4, -0.2) is 6.54 Å². The van der Waals surface area contributed by atoms with Crippen LogP contribution in [-0.2, 0) is 0 Å². The molecule has 17 heavy (non-hydrogen) atoms. The number of hydrogen-bond acceptors (Lipinski definition) is 2. The Morgan fingerprint density at radius 2 is 2.06 bits per heavy atom. The number of hydrogen-bond donors (Lipinski definition) is 1. The quantitative estimate of drug-likeness (QED) is 0.721. The molecule has 0 aliphatic carbocycles. The molecule has 1 atom stereocenters. The van der Waals surface area contributed by atoms with Crippen LogP contribution in [0.1, 0.15) is 56.5 Å². The van der Waals surface area contributed by atoms with E-state index in [1.54, 1.807) is 11.3 Å². The van der Waals surface area contributed by atoms with Crippen LogP contribution in [0, 0.1) is 12.8 Å². The lowest BCUT2D eigenvalue weighted by Crippen LogP contribution is -2.20. The Kier molecular flexibility index (Phi) is 6.53. The van der Waals surface area contributed by atoms with Gasteiger partial charge >= 0.3 is 0 Å². The number of halogens is 1. The van der Waals surface area contributed by atoms with Crippen molar-refractivity contribution in [1.29, 1.82) is 0 Å². The molecule has 0 fully saturated rings. The molecule has 1 heterocycles. The van der Waals surface area contributed by atoms with Gasteiger partial charge in [0.05, 0.1) is 5.02 Å². The van der Waals surface area contributed by atoms with Crippen molar-refractivity contribution in [2.75, 3.05) is 6.54 Å². The van der Waals surface area contributed by atoms with E-state index in [-0.39, 0.29) is 0 Å². The summed E-state index contributed by atoms with van der Waals surface area (Å²) >= 11 is 8.14. The number of rotatable bonds is 7. The third-order valence-electron chi connectivity index (χ3n) is 2.97. The highest BCUT2D eigenvalue weighted by atomic mass is 35.5. The van der Waals surface area contributed by atoms with E-state index >= 15 is 0 Å². The largest absolute Gasteiger partial charge is 0.309 e. The van der Waals surface area contributed by atoms with E-state index in [2.05, 4.69) is 38.4 Å². The summed E-state index contributed by atoms with van der Waals surface area (Å²) in [7, 11) is 0. The third-order valence-corrected chi connectivity index (χ3v) is 4.79. The second kappa shape index (κ2) is 7.40. The predicted octanol–water partition coefficient (Wildman–Crippen LogP) is 5.19. The van der Waals surface area contributed by atoms with Crippen LogP contribution >= 0.6 is 22.9 Å². The zero-order valence-electron chi connectivity index (χ0n) is 11.3. The van der Waals surface area contributed by atoms with Crippen molar-refractivity contribution >= 4 is 22.9 Å². The highest BCUT2D eigenvalue weighted by molar-refractivity contribution is 7.10. The summed E-state index contributed by atoms with van der Waals surface area (Å²) < 4.78 is 0. The van der Waals surface area contributed by atoms with Crippen LogP contribution in [0.25, 0.3) is 0 Å². The zero-order chi connectivity index (χ0) is 12.8. The summed E-state index contributed by atoms with van der Waals surface area (Å²) in [5.74, 6) is 0.790. The number of aryl methyl sites for hydroxylation is 1. The fraction of sp³-hybridized carbons (Fsp3) is 0.714. The van der Waals surface area contributed by atoms with Gasteiger partial charge < -0.3 is 5.32 Å². The lowest BCUT2D eigenvalue weighted by Gasteiger charge is -2.17. The van der Waals surface area contributed by atoms with Gasteiger partial charge in [-0.1, -0.05) is 45.2 Å². The molecular formula is C14H24ClNS. The van der Waals surface area contributed by atoms with E-state index in [9.17, 15) is 0 Å². The van der Waals surface area contributed by atoms with E-state index in [1.807, 2.05) is 0 Å². The molecule has 98 valence electrons. The van der Waals surface area contributed by atoms with Gasteiger partial charge in [0, 0.05) is 10.9 Å². The van der Waals surface area contributed by atoms with Crippen molar-refractivity contribution in [3.8, 4) is 0 Å². The van der Waals surface area contributed by atoms with Crippen molar-refractivity contribution in [3.63, 3.8) is 0 Å². The van der Waals surface area contributed by atoms with E-state index in [0.29, 0.717) is 6.04 Å². The minimum Gasteiger partial charge on any atom is -0.309 e. The number of nitrogens with one attached hydrogen (secondary N) is 1. The predicted molar refractivity (Wildman–Crippen MR) is 79.2 cm³/mol. The van der Waals surface area contributed by atoms with Gasteiger partial charge in [-0.15, -0.1) is 11.3 Å². The molecular weight excluding hydrogens is 250 g/mol. The molecule has 1 rings (SSSR count). The average Bonchev–Trinajstić information content (AvgIpc) is 2.58. The molecule has 0 radical (unpaired) electrons. The van der Waals surface area contributed by atoms with Crippen molar-refractivity contribution in [3.05, 3.63) is 20.8 Å². The second-order valence-corrected chi connectivity index (χ2v) is 6.32.